The second kappa shape index (κ2) is 10.4. The fourth-order valence-corrected chi connectivity index (χ4v) is 4.83. The van der Waals surface area contributed by atoms with Gasteiger partial charge >= 0.3 is 5.97 Å². The quantitative estimate of drug-likeness (QED) is 0.220. The minimum absolute atomic E-state index is 0.183. The summed E-state index contributed by atoms with van der Waals surface area (Å²) < 4.78 is 12.1. The van der Waals surface area contributed by atoms with Gasteiger partial charge in [0, 0.05) is 15.6 Å². The number of fused-ring (bicyclic) bond motifs is 1. The Morgan fingerprint density at radius 3 is 2.55 bits per heavy atom. The van der Waals surface area contributed by atoms with Crippen molar-refractivity contribution in [3.8, 4) is 28.7 Å². The first-order chi connectivity index (χ1) is 16.1. The minimum atomic E-state index is -0.267. The van der Waals surface area contributed by atoms with E-state index in [9.17, 15) is 4.79 Å². The molecule has 4 rings (SSSR count). The number of hydrogen-bond donors (Lipinski definition) is 0. The maximum Gasteiger partial charge on any atom is 0.307 e. The molecule has 0 N–H and O–H groups in total. The number of rotatable bonds is 7. The Bertz CT molecular complexity index is 1320. The fourth-order valence-electron chi connectivity index (χ4n) is 3.89. The summed E-state index contributed by atoms with van der Waals surface area (Å²) >= 11 is 1.77. The molecule has 3 aromatic carbocycles. The van der Waals surface area contributed by atoms with Crippen LogP contribution < -0.4 is 4.74 Å². The highest BCUT2D eigenvalue weighted by Crippen LogP contribution is 2.36. The third kappa shape index (κ3) is 5.27. The second-order valence-electron chi connectivity index (χ2n) is 7.88. The van der Waals surface area contributed by atoms with Crippen molar-refractivity contribution < 1.29 is 14.3 Å². The van der Waals surface area contributed by atoms with E-state index in [1.54, 1.807) is 18.3 Å². The smallest absolute Gasteiger partial charge is 0.307 e. The molecule has 0 aliphatic heterocycles. The molecule has 4 heteroatoms. The van der Waals surface area contributed by atoms with Crippen molar-refractivity contribution in [2.75, 3.05) is 7.11 Å². The van der Waals surface area contributed by atoms with E-state index in [0.29, 0.717) is 6.61 Å². The molecule has 1 atom stereocenters. The van der Waals surface area contributed by atoms with Crippen molar-refractivity contribution in [2.45, 2.75) is 32.8 Å². The first-order valence-electron chi connectivity index (χ1n) is 10.9. The van der Waals surface area contributed by atoms with Gasteiger partial charge in [-0.15, -0.1) is 17.3 Å². The molecular formula is C29H26O3S. The van der Waals surface area contributed by atoms with Crippen LogP contribution in [0.5, 0.6) is 5.75 Å². The molecule has 1 heterocycles. The van der Waals surface area contributed by atoms with Crippen LogP contribution in [0.15, 0.2) is 72.1 Å². The van der Waals surface area contributed by atoms with Gasteiger partial charge in [-0.25, -0.2) is 0 Å². The normalized spacial score (nSPS) is 11.5. The summed E-state index contributed by atoms with van der Waals surface area (Å²) in [7, 11) is 1.40. The molecule has 0 fully saturated rings. The number of thiophene rings is 1. The molecule has 3 nitrogen and oxygen atoms in total. The van der Waals surface area contributed by atoms with Gasteiger partial charge in [-0.1, -0.05) is 48.4 Å². The average Bonchev–Trinajstić information content (AvgIpc) is 3.26. The molecule has 0 aliphatic carbocycles. The maximum absolute atomic E-state index is 11.7. The number of esters is 1. The number of carbonyl (C=O) groups is 1. The van der Waals surface area contributed by atoms with Crippen molar-refractivity contribution in [1.82, 2.24) is 0 Å². The van der Waals surface area contributed by atoms with Gasteiger partial charge in [0.25, 0.3) is 0 Å². The summed E-state index contributed by atoms with van der Waals surface area (Å²) in [4.78, 5) is 11.7. The standard InChI is InChI=1S/C29H26O3S/c1-4-7-23(17-29(30)31-3)22-11-13-24(14-12-22)32-18-21-10-15-28-26(16-21)27(19-33-28)25-9-6-5-8-20(25)2/h5-6,8-16,19,23H,17-18H2,1-3H3/t23-/m0/s1. The number of methoxy groups -OCH3 is 1. The lowest BCUT2D eigenvalue weighted by molar-refractivity contribution is -0.140. The lowest BCUT2D eigenvalue weighted by atomic mass is 9.96. The zero-order chi connectivity index (χ0) is 23.2. The molecule has 0 spiro atoms. The lowest BCUT2D eigenvalue weighted by Crippen LogP contribution is -2.07. The molecule has 33 heavy (non-hydrogen) atoms. The van der Waals surface area contributed by atoms with Crippen molar-refractivity contribution in [3.05, 3.63) is 88.8 Å². The molecule has 4 aromatic rings. The monoisotopic (exact) mass is 454 g/mol. The molecule has 166 valence electrons. The molecule has 0 bridgehead atoms. The van der Waals surface area contributed by atoms with E-state index in [-0.39, 0.29) is 18.3 Å². The van der Waals surface area contributed by atoms with Crippen molar-refractivity contribution in [2.24, 2.45) is 0 Å². The predicted octanol–water partition coefficient (Wildman–Crippen LogP) is 7.13. The zero-order valence-corrected chi connectivity index (χ0v) is 19.9. The predicted molar refractivity (Wildman–Crippen MR) is 136 cm³/mol. The van der Waals surface area contributed by atoms with E-state index < -0.39 is 0 Å². The van der Waals surface area contributed by atoms with E-state index in [0.717, 1.165) is 16.9 Å². The van der Waals surface area contributed by atoms with Crippen LogP contribution in [0.4, 0.5) is 0 Å². The maximum atomic E-state index is 11.7. The van der Waals surface area contributed by atoms with Gasteiger partial charge in [0.15, 0.2) is 0 Å². The zero-order valence-electron chi connectivity index (χ0n) is 19.1. The van der Waals surface area contributed by atoms with Crippen LogP contribution >= 0.6 is 11.3 Å². The molecule has 0 amide bonds. The van der Waals surface area contributed by atoms with Crippen molar-refractivity contribution in [3.63, 3.8) is 0 Å². The highest BCUT2D eigenvalue weighted by atomic mass is 32.1. The summed E-state index contributed by atoms with van der Waals surface area (Å²) in [5, 5.41) is 3.50. The van der Waals surface area contributed by atoms with Crippen LogP contribution in [0, 0.1) is 18.8 Å². The van der Waals surface area contributed by atoms with E-state index in [4.69, 9.17) is 9.47 Å². The van der Waals surface area contributed by atoms with Crippen molar-refractivity contribution in [1.29, 1.82) is 0 Å². The topological polar surface area (TPSA) is 35.5 Å². The van der Waals surface area contributed by atoms with Gasteiger partial charge in [-0.3, -0.25) is 4.79 Å². The molecule has 0 aliphatic rings. The summed E-state index contributed by atoms with van der Waals surface area (Å²) in [5.74, 6) is 6.32. The van der Waals surface area contributed by atoms with Crippen LogP contribution in [-0.2, 0) is 16.1 Å². The molecule has 0 radical (unpaired) electrons. The lowest BCUT2D eigenvalue weighted by Gasteiger charge is -2.12. The summed E-state index contributed by atoms with van der Waals surface area (Å²) in [6.07, 6.45) is 0.238. The Morgan fingerprint density at radius 1 is 1.03 bits per heavy atom. The number of ether oxygens (including phenoxy) is 2. The van der Waals surface area contributed by atoms with Gasteiger partial charge in [-0.05, 0) is 65.7 Å². The van der Waals surface area contributed by atoms with Gasteiger partial charge in [-0.2, -0.15) is 0 Å². The first kappa shape index (κ1) is 22.6. The molecule has 0 unspecified atom stereocenters. The van der Waals surface area contributed by atoms with Crippen LogP contribution in [0.25, 0.3) is 21.2 Å². The Morgan fingerprint density at radius 2 is 1.82 bits per heavy atom. The number of aryl methyl sites for hydroxylation is 1. The Kier molecular flexibility index (Phi) is 7.12. The Balaban J connectivity index is 1.49. The largest absolute Gasteiger partial charge is 0.489 e. The second-order valence-corrected chi connectivity index (χ2v) is 8.79. The highest BCUT2D eigenvalue weighted by molar-refractivity contribution is 7.17. The average molecular weight is 455 g/mol. The molecular weight excluding hydrogens is 428 g/mol. The van der Waals surface area contributed by atoms with E-state index in [1.807, 2.05) is 24.3 Å². The minimum Gasteiger partial charge on any atom is -0.489 e. The number of hydrogen-bond acceptors (Lipinski definition) is 4. The van der Waals surface area contributed by atoms with Gasteiger partial charge in [0.1, 0.15) is 12.4 Å². The van der Waals surface area contributed by atoms with E-state index in [2.05, 4.69) is 66.6 Å². The van der Waals surface area contributed by atoms with Crippen molar-refractivity contribution >= 4 is 27.4 Å². The Labute approximate surface area is 199 Å². The van der Waals surface area contributed by atoms with Gasteiger partial charge < -0.3 is 9.47 Å². The summed E-state index contributed by atoms with van der Waals surface area (Å²) in [6, 6.07) is 22.8. The van der Waals surface area contributed by atoms with Crippen LogP contribution in [0.3, 0.4) is 0 Å². The van der Waals surface area contributed by atoms with Crippen LogP contribution in [-0.4, -0.2) is 13.1 Å². The highest BCUT2D eigenvalue weighted by Gasteiger charge is 2.14. The summed E-state index contributed by atoms with van der Waals surface area (Å²) in [6.45, 7) is 4.41. The molecule has 1 aromatic heterocycles. The van der Waals surface area contributed by atoms with Crippen LogP contribution in [0.2, 0.25) is 0 Å². The third-order valence-electron chi connectivity index (χ3n) is 5.68. The summed E-state index contributed by atoms with van der Waals surface area (Å²) in [5.41, 5.74) is 5.92. The third-order valence-corrected chi connectivity index (χ3v) is 6.64. The number of carbonyl (C=O) groups excluding carboxylic acids is 1. The SMILES string of the molecule is CC#C[C@@H](CC(=O)OC)c1ccc(OCc2ccc3scc(-c4ccccc4C)c3c2)cc1. The number of benzene rings is 3. The van der Waals surface area contributed by atoms with Gasteiger partial charge in [0.2, 0.25) is 0 Å². The first-order valence-corrected chi connectivity index (χ1v) is 11.7. The van der Waals surface area contributed by atoms with E-state index in [1.165, 1.54) is 33.9 Å². The van der Waals surface area contributed by atoms with Gasteiger partial charge in [0.05, 0.1) is 19.4 Å². The molecule has 0 saturated heterocycles. The van der Waals surface area contributed by atoms with E-state index >= 15 is 0 Å². The Hall–Kier alpha value is -3.55. The fraction of sp³-hybridized carbons (Fsp3) is 0.207. The molecule has 0 saturated carbocycles. The van der Waals surface area contributed by atoms with Crippen LogP contribution in [0.1, 0.15) is 36.0 Å².